The number of hydrogen-bond acceptors (Lipinski definition) is 2. The molecule has 2 rings (SSSR count). The van der Waals surface area contributed by atoms with Crippen LogP contribution < -0.4 is 5.73 Å². The second-order valence-corrected chi connectivity index (χ2v) is 5.86. The highest BCUT2D eigenvalue weighted by Gasteiger charge is 2.09. The van der Waals surface area contributed by atoms with Gasteiger partial charge in [-0.3, -0.25) is 4.21 Å². The third-order valence-corrected chi connectivity index (χ3v) is 4.36. The van der Waals surface area contributed by atoms with Crippen LogP contribution >= 0.6 is 0 Å². The molecule has 4 heteroatoms. The summed E-state index contributed by atoms with van der Waals surface area (Å²) in [5.74, 6) is 0.0864. The minimum atomic E-state index is -1.24. The van der Waals surface area contributed by atoms with Crippen LogP contribution in [0.25, 0.3) is 0 Å². The summed E-state index contributed by atoms with van der Waals surface area (Å²) < 4.78 is 25.2. The Kier molecular flexibility index (Phi) is 4.68. The first-order chi connectivity index (χ1) is 9.16. The van der Waals surface area contributed by atoms with Gasteiger partial charge in [-0.1, -0.05) is 30.3 Å². The molecule has 0 saturated carbocycles. The van der Waals surface area contributed by atoms with E-state index in [0.29, 0.717) is 16.3 Å². The van der Waals surface area contributed by atoms with Crippen molar-refractivity contribution in [1.82, 2.24) is 0 Å². The van der Waals surface area contributed by atoms with Crippen molar-refractivity contribution in [2.45, 2.75) is 17.7 Å². The summed E-state index contributed by atoms with van der Waals surface area (Å²) in [5.41, 5.74) is 7.32. The van der Waals surface area contributed by atoms with E-state index >= 15 is 0 Å². The number of rotatable bonds is 5. The normalized spacial score (nSPS) is 12.3. The van der Waals surface area contributed by atoms with Crippen molar-refractivity contribution in [3.8, 4) is 0 Å². The molecule has 0 heterocycles. The molecule has 100 valence electrons. The first-order valence-corrected chi connectivity index (χ1v) is 7.46. The molecule has 2 aromatic carbocycles. The summed E-state index contributed by atoms with van der Waals surface area (Å²) in [7, 11) is -1.24. The van der Waals surface area contributed by atoms with Gasteiger partial charge in [-0.25, -0.2) is 4.39 Å². The molecule has 2 nitrogen and oxygen atoms in total. The molecular weight excluding hydrogens is 261 g/mol. The average Bonchev–Trinajstić information content (AvgIpc) is 2.42. The number of hydrogen-bond donors (Lipinski definition) is 1. The van der Waals surface area contributed by atoms with Gasteiger partial charge < -0.3 is 5.73 Å². The fourth-order valence-electron chi connectivity index (χ4n) is 1.87. The molecule has 1 unspecified atom stereocenters. The molecule has 0 aliphatic heterocycles. The Balaban J connectivity index is 1.93. The van der Waals surface area contributed by atoms with Gasteiger partial charge in [0.2, 0.25) is 0 Å². The Morgan fingerprint density at radius 2 is 1.84 bits per heavy atom. The van der Waals surface area contributed by atoms with Crippen LogP contribution in [0.3, 0.4) is 0 Å². The minimum Gasteiger partial charge on any atom is -0.398 e. The molecule has 19 heavy (non-hydrogen) atoms. The Hall–Kier alpha value is -1.68. The summed E-state index contributed by atoms with van der Waals surface area (Å²) in [5, 5.41) is 0. The van der Waals surface area contributed by atoms with E-state index in [9.17, 15) is 8.60 Å². The molecule has 0 aliphatic carbocycles. The Labute approximate surface area is 114 Å². The lowest BCUT2D eigenvalue weighted by Crippen LogP contribution is -2.04. The lowest BCUT2D eigenvalue weighted by Gasteiger charge is -2.06. The van der Waals surface area contributed by atoms with Gasteiger partial charge in [0.1, 0.15) is 5.82 Å². The zero-order valence-electron chi connectivity index (χ0n) is 10.5. The van der Waals surface area contributed by atoms with Gasteiger partial charge in [0.15, 0.2) is 0 Å². The van der Waals surface area contributed by atoms with Crippen LogP contribution in [0.4, 0.5) is 10.1 Å². The van der Waals surface area contributed by atoms with Gasteiger partial charge >= 0.3 is 0 Å². The predicted octanol–water partition coefficient (Wildman–Crippen LogP) is 3.15. The molecule has 0 radical (unpaired) electrons. The molecule has 1 atom stereocenters. The van der Waals surface area contributed by atoms with Crippen LogP contribution in [0.15, 0.2) is 53.4 Å². The SMILES string of the molecule is Nc1ccc(F)cc1S(=O)CCCc1ccccc1. The van der Waals surface area contributed by atoms with Crippen LogP contribution in [0, 0.1) is 5.82 Å². The van der Waals surface area contributed by atoms with Gasteiger partial charge in [-0.05, 0) is 36.6 Å². The maximum atomic E-state index is 13.1. The quantitative estimate of drug-likeness (QED) is 0.853. The number of nitrogens with two attached hydrogens (primary N) is 1. The maximum Gasteiger partial charge on any atom is 0.124 e. The maximum absolute atomic E-state index is 13.1. The minimum absolute atomic E-state index is 0.388. The topological polar surface area (TPSA) is 43.1 Å². The van der Waals surface area contributed by atoms with Crippen molar-refractivity contribution >= 4 is 16.5 Å². The van der Waals surface area contributed by atoms with Gasteiger partial charge in [0.25, 0.3) is 0 Å². The zero-order valence-corrected chi connectivity index (χ0v) is 11.3. The Bertz CT molecular complexity index is 572. The number of benzene rings is 2. The molecule has 0 saturated heterocycles. The lowest BCUT2D eigenvalue weighted by atomic mass is 10.1. The van der Waals surface area contributed by atoms with Crippen molar-refractivity contribution in [1.29, 1.82) is 0 Å². The highest BCUT2D eigenvalue weighted by atomic mass is 32.2. The van der Waals surface area contributed by atoms with Crippen LogP contribution in [0.2, 0.25) is 0 Å². The number of halogens is 1. The van der Waals surface area contributed by atoms with Crippen molar-refractivity contribution in [3.05, 3.63) is 59.9 Å². The number of nitrogen functional groups attached to an aromatic ring is 1. The molecule has 0 bridgehead atoms. The first kappa shape index (κ1) is 13.7. The predicted molar refractivity (Wildman–Crippen MR) is 76.9 cm³/mol. The van der Waals surface area contributed by atoms with Gasteiger partial charge in [0, 0.05) is 11.4 Å². The highest BCUT2D eigenvalue weighted by Crippen LogP contribution is 2.18. The Morgan fingerprint density at radius 3 is 2.58 bits per heavy atom. The fraction of sp³-hybridized carbons (Fsp3) is 0.200. The van der Waals surface area contributed by atoms with Crippen molar-refractivity contribution in [3.63, 3.8) is 0 Å². The van der Waals surface area contributed by atoms with Crippen LogP contribution in [-0.2, 0) is 17.2 Å². The molecule has 0 spiro atoms. The average molecular weight is 277 g/mol. The van der Waals surface area contributed by atoms with Crippen molar-refractivity contribution in [2.75, 3.05) is 11.5 Å². The molecule has 0 aliphatic rings. The smallest absolute Gasteiger partial charge is 0.124 e. The van der Waals surface area contributed by atoms with E-state index in [-0.39, 0.29) is 0 Å². The van der Waals surface area contributed by atoms with E-state index in [1.165, 1.54) is 23.8 Å². The van der Waals surface area contributed by atoms with Gasteiger partial charge in [-0.15, -0.1) is 0 Å². The van der Waals surface area contributed by atoms with E-state index in [0.717, 1.165) is 12.8 Å². The summed E-state index contributed by atoms with van der Waals surface area (Å²) in [4.78, 5) is 0.396. The molecule has 2 aromatic rings. The third-order valence-electron chi connectivity index (χ3n) is 2.86. The molecule has 2 N–H and O–H groups in total. The van der Waals surface area contributed by atoms with E-state index in [4.69, 9.17) is 5.73 Å². The van der Waals surface area contributed by atoms with Crippen LogP contribution in [0.1, 0.15) is 12.0 Å². The third kappa shape index (κ3) is 3.89. The van der Waals surface area contributed by atoms with E-state index in [1.807, 2.05) is 30.3 Å². The highest BCUT2D eigenvalue weighted by molar-refractivity contribution is 7.85. The summed E-state index contributed by atoms with van der Waals surface area (Å²) >= 11 is 0. The summed E-state index contributed by atoms with van der Waals surface area (Å²) in [6, 6.07) is 14.0. The second kappa shape index (κ2) is 6.48. The molecular formula is C15H16FNOS. The van der Waals surface area contributed by atoms with Crippen molar-refractivity contribution in [2.24, 2.45) is 0 Å². The van der Waals surface area contributed by atoms with Gasteiger partial charge in [-0.2, -0.15) is 0 Å². The van der Waals surface area contributed by atoms with E-state index in [2.05, 4.69) is 0 Å². The molecule has 0 fully saturated rings. The lowest BCUT2D eigenvalue weighted by molar-refractivity contribution is 0.623. The van der Waals surface area contributed by atoms with Gasteiger partial charge in [0.05, 0.1) is 15.7 Å². The monoisotopic (exact) mass is 277 g/mol. The molecule has 0 amide bonds. The number of anilines is 1. The molecule has 0 aromatic heterocycles. The summed E-state index contributed by atoms with van der Waals surface area (Å²) in [6.45, 7) is 0. The van der Waals surface area contributed by atoms with E-state index in [1.54, 1.807) is 0 Å². The largest absolute Gasteiger partial charge is 0.398 e. The van der Waals surface area contributed by atoms with Crippen molar-refractivity contribution < 1.29 is 8.60 Å². The van der Waals surface area contributed by atoms with E-state index < -0.39 is 16.6 Å². The first-order valence-electron chi connectivity index (χ1n) is 6.14. The summed E-state index contributed by atoms with van der Waals surface area (Å²) in [6.07, 6.45) is 1.65. The Morgan fingerprint density at radius 1 is 1.11 bits per heavy atom. The standard InChI is InChI=1S/C15H16FNOS/c16-13-8-9-14(17)15(11-13)19(18)10-4-7-12-5-2-1-3-6-12/h1-3,5-6,8-9,11H,4,7,10,17H2. The zero-order chi connectivity index (χ0) is 13.7. The fourth-order valence-corrected chi connectivity index (χ4v) is 3.07. The van der Waals surface area contributed by atoms with Crippen LogP contribution in [0.5, 0.6) is 0 Å². The number of aryl methyl sites for hydroxylation is 1. The second-order valence-electron chi connectivity index (χ2n) is 4.32. The van der Waals surface area contributed by atoms with Crippen LogP contribution in [-0.4, -0.2) is 9.96 Å².